The normalized spacial score (nSPS) is 18.6. The molecule has 0 amide bonds. The summed E-state index contributed by atoms with van der Waals surface area (Å²) < 4.78 is 7.14. The van der Waals surface area contributed by atoms with Crippen LogP contribution in [0.15, 0.2) is 121 Å². The minimum absolute atomic E-state index is 0.704. The molecule has 1 atom stereocenters. The molecule has 0 bridgehead atoms. The highest BCUT2D eigenvalue weighted by molar-refractivity contribution is 7.99. The van der Waals surface area contributed by atoms with Crippen LogP contribution in [-0.2, 0) is 5.60 Å². The van der Waals surface area contributed by atoms with E-state index in [1.807, 2.05) is 11.8 Å². The number of thioether (sulfide) groups is 1. The van der Waals surface area contributed by atoms with Gasteiger partial charge in [-0.1, -0.05) is 97.1 Å². The van der Waals surface area contributed by atoms with Gasteiger partial charge in [0.15, 0.2) is 5.60 Å². The molecule has 2 heterocycles. The summed E-state index contributed by atoms with van der Waals surface area (Å²) in [6.07, 6.45) is 4.50. The molecule has 2 aliphatic rings. The van der Waals surface area contributed by atoms with Gasteiger partial charge in [0, 0.05) is 47.0 Å². The highest BCUT2D eigenvalue weighted by Crippen LogP contribution is 2.46. The largest absolute Gasteiger partial charge is 0.473 e. The van der Waals surface area contributed by atoms with Gasteiger partial charge in [-0.3, -0.25) is 0 Å². The van der Waals surface area contributed by atoms with Gasteiger partial charge in [-0.25, -0.2) is 0 Å². The Balaban J connectivity index is 1.31. The zero-order chi connectivity index (χ0) is 26.5. The van der Waals surface area contributed by atoms with Crippen molar-refractivity contribution in [1.82, 2.24) is 0 Å². The van der Waals surface area contributed by atoms with Crippen LogP contribution in [0.1, 0.15) is 16.7 Å². The Kier molecular flexibility index (Phi) is 5.60. The molecule has 0 aliphatic carbocycles. The number of hydrogen-bond acceptors (Lipinski definition) is 3. The number of rotatable bonds is 3. The molecule has 194 valence electrons. The molecule has 3 heteroatoms. The molecular weight excluding hydrogens is 506 g/mol. The van der Waals surface area contributed by atoms with Crippen LogP contribution >= 0.6 is 11.8 Å². The lowest BCUT2D eigenvalue weighted by Gasteiger charge is -2.37. The van der Waals surface area contributed by atoms with Gasteiger partial charge in [0.05, 0.1) is 0 Å². The zero-order valence-electron chi connectivity index (χ0n) is 22.2. The van der Waals surface area contributed by atoms with Crippen molar-refractivity contribution in [3.63, 3.8) is 0 Å². The first kappa shape index (κ1) is 23.7. The van der Waals surface area contributed by atoms with Crippen LogP contribution in [0.3, 0.4) is 0 Å². The Hall–Kier alpha value is -4.21. The number of benzene rings is 6. The average Bonchev–Trinajstić information content (AvgIpc) is 3.05. The van der Waals surface area contributed by atoms with Gasteiger partial charge in [0.25, 0.3) is 0 Å². The second-order valence-electron chi connectivity index (χ2n) is 10.7. The highest BCUT2D eigenvalue weighted by atomic mass is 32.2. The van der Waals surface area contributed by atoms with E-state index in [4.69, 9.17) is 4.74 Å². The maximum Gasteiger partial charge on any atom is 0.178 e. The van der Waals surface area contributed by atoms with Crippen molar-refractivity contribution < 1.29 is 4.74 Å². The molecule has 0 aromatic heterocycles. The second-order valence-corrected chi connectivity index (χ2v) is 11.9. The topological polar surface area (TPSA) is 12.5 Å². The molecule has 1 fully saturated rings. The highest BCUT2D eigenvalue weighted by Gasteiger charge is 2.37. The van der Waals surface area contributed by atoms with E-state index in [1.165, 1.54) is 49.5 Å². The number of ether oxygens (including phenoxy) is 1. The fraction of sp³-hybridized carbons (Fsp3) is 0.135. The molecule has 0 N–H and O–H groups in total. The number of anilines is 1. The minimum Gasteiger partial charge on any atom is -0.473 e. The van der Waals surface area contributed by atoms with Crippen molar-refractivity contribution in [3.8, 4) is 5.75 Å². The summed E-state index contributed by atoms with van der Waals surface area (Å²) in [6, 6.07) is 41.7. The first-order valence-electron chi connectivity index (χ1n) is 14.0. The summed E-state index contributed by atoms with van der Waals surface area (Å²) in [5, 5.41) is 7.59. The molecule has 2 aliphatic heterocycles. The molecule has 0 radical (unpaired) electrons. The zero-order valence-corrected chi connectivity index (χ0v) is 23.0. The molecule has 2 nitrogen and oxygen atoms in total. The van der Waals surface area contributed by atoms with E-state index >= 15 is 0 Å². The Morgan fingerprint density at radius 1 is 0.575 bits per heavy atom. The smallest absolute Gasteiger partial charge is 0.178 e. The first-order chi connectivity index (χ1) is 19.8. The summed E-state index contributed by atoms with van der Waals surface area (Å²) in [6.45, 7) is 2.21. The van der Waals surface area contributed by atoms with Crippen LogP contribution in [0.4, 0.5) is 5.69 Å². The fourth-order valence-electron chi connectivity index (χ4n) is 6.49. The maximum absolute atomic E-state index is 7.14. The summed E-state index contributed by atoms with van der Waals surface area (Å²) >= 11 is 2.04. The molecule has 40 heavy (non-hydrogen) atoms. The molecule has 6 aromatic carbocycles. The summed E-state index contributed by atoms with van der Waals surface area (Å²) in [4.78, 5) is 2.49. The van der Waals surface area contributed by atoms with Gasteiger partial charge in [-0.15, -0.1) is 0 Å². The number of nitrogens with zero attached hydrogens (tertiary/aromatic N) is 1. The molecular formula is C37H29NOS. The monoisotopic (exact) mass is 535 g/mol. The van der Waals surface area contributed by atoms with Crippen LogP contribution in [-0.4, -0.2) is 24.6 Å². The second kappa shape index (κ2) is 9.46. The van der Waals surface area contributed by atoms with Crippen molar-refractivity contribution in [2.24, 2.45) is 0 Å². The predicted molar refractivity (Wildman–Crippen MR) is 172 cm³/mol. The SMILES string of the molecule is C1=CC(c2ccccc2)(c2ccc(N3CCSCC3)cc2)Oc2cc3c4ccccc4c4ccccc4c3cc21. The van der Waals surface area contributed by atoms with E-state index in [0.29, 0.717) is 0 Å². The summed E-state index contributed by atoms with van der Waals surface area (Å²) in [5.74, 6) is 3.29. The molecule has 6 aromatic rings. The van der Waals surface area contributed by atoms with Crippen molar-refractivity contribution in [3.05, 3.63) is 138 Å². The molecule has 8 rings (SSSR count). The summed E-state index contributed by atoms with van der Waals surface area (Å²) in [7, 11) is 0. The Bertz CT molecular complexity index is 1910. The van der Waals surface area contributed by atoms with Gasteiger partial charge >= 0.3 is 0 Å². The third-order valence-corrected chi connectivity index (χ3v) is 9.46. The van der Waals surface area contributed by atoms with E-state index in [9.17, 15) is 0 Å². The van der Waals surface area contributed by atoms with Gasteiger partial charge in [-0.05, 0) is 62.7 Å². The third-order valence-electron chi connectivity index (χ3n) is 8.52. The van der Waals surface area contributed by atoms with E-state index in [1.54, 1.807) is 0 Å². The predicted octanol–water partition coefficient (Wildman–Crippen LogP) is 9.05. The standard InChI is InChI=1S/C37H29NOS/c1-2-8-27(9-3-1)37(28-14-16-29(17-15-28)38-20-22-40-23-21-38)19-18-26-24-34-32-12-6-4-10-30(32)31-11-5-7-13-33(31)35(34)25-36(26)39-37/h1-19,24-25H,20-23H2. The van der Waals surface area contributed by atoms with Gasteiger partial charge in [-0.2, -0.15) is 11.8 Å². The lowest BCUT2D eigenvalue weighted by molar-refractivity contribution is 0.161. The van der Waals surface area contributed by atoms with Crippen LogP contribution in [0, 0.1) is 0 Å². The van der Waals surface area contributed by atoms with E-state index in [0.717, 1.165) is 35.5 Å². The van der Waals surface area contributed by atoms with E-state index < -0.39 is 5.60 Å². The molecule has 1 saturated heterocycles. The van der Waals surface area contributed by atoms with Crippen LogP contribution in [0.5, 0.6) is 5.75 Å². The minimum atomic E-state index is -0.704. The van der Waals surface area contributed by atoms with Crippen molar-refractivity contribution >= 4 is 55.8 Å². The fourth-order valence-corrected chi connectivity index (χ4v) is 7.39. The van der Waals surface area contributed by atoms with Crippen LogP contribution in [0.2, 0.25) is 0 Å². The molecule has 0 spiro atoms. The lowest BCUT2D eigenvalue weighted by Crippen LogP contribution is -2.35. The van der Waals surface area contributed by atoms with Crippen molar-refractivity contribution in [1.29, 1.82) is 0 Å². The Morgan fingerprint density at radius 2 is 1.12 bits per heavy atom. The van der Waals surface area contributed by atoms with Gasteiger partial charge < -0.3 is 9.64 Å². The van der Waals surface area contributed by atoms with Crippen molar-refractivity contribution in [2.75, 3.05) is 29.5 Å². The van der Waals surface area contributed by atoms with Gasteiger partial charge in [0.2, 0.25) is 0 Å². The average molecular weight is 536 g/mol. The summed E-state index contributed by atoms with van der Waals surface area (Å²) in [5.41, 5.74) is 3.96. The Morgan fingerprint density at radius 3 is 1.77 bits per heavy atom. The van der Waals surface area contributed by atoms with Crippen LogP contribution < -0.4 is 9.64 Å². The quantitative estimate of drug-likeness (QED) is 0.210. The van der Waals surface area contributed by atoms with Gasteiger partial charge in [0.1, 0.15) is 5.75 Å². The number of fused-ring (bicyclic) bond motifs is 7. The molecule has 1 unspecified atom stereocenters. The van der Waals surface area contributed by atoms with E-state index in [-0.39, 0.29) is 0 Å². The first-order valence-corrected chi connectivity index (χ1v) is 15.2. The van der Waals surface area contributed by atoms with Crippen molar-refractivity contribution in [2.45, 2.75) is 5.60 Å². The third kappa shape index (κ3) is 3.72. The number of hydrogen-bond donors (Lipinski definition) is 0. The lowest BCUT2D eigenvalue weighted by atomic mass is 9.83. The van der Waals surface area contributed by atoms with E-state index in [2.05, 4.69) is 132 Å². The Labute approximate surface area is 238 Å². The maximum atomic E-state index is 7.14. The molecule has 0 saturated carbocycles. The van der Waals surface area contributed by atoms with Crippen LogP contribution in [0.25, 0.3) is 38.4 Å².